The minimum absolute atomic E-state index is 0.0913. The number of pyridine rings is 1. The highest BCUT2D eigenvalue weighted by molar-refractivity contribution is 5.93. The summed E-state index contributed by atoms with van der Waals surface area (Å²) in [6, 6.07) is 19.1. The molecule has 2 aromatic carbocycles. The number of anilines is 1. The maximum absolute atomic E-state index is 12.0. The van der Waals surface area contributed by atoms with Crippen LogP contribution >= 0.6 is 0 Å². The lowest BCUT2D eigenvalue weighted by atomic mass is 10.1. The molecule has 0 saturated heterocycles. The lowest BCUT2D eigenvalue weighted by molar-refractivity contribution is -0.120. The van der Waals surface area contributed by atoms with Crippen molar-refractivity contribution >= 4 is 28.4 Å². The lowest BCUT2D eigenvalue weighted by Gasteiger charge is -2.07. The van der Waals surface area contributed by atoms with Crippen LogP contribution in [0.5, 0.6) is 0 Å². The standard InChI is InChI=1S/C20H19N3O2/c24-19(10-11-21-20(25)12-15-6-2-1-3-7-15)23-17-13-16-8-4-5-9-18(16)22-14-17/h1-9,13-14H,10-12H2,(H,21,25)(H,23,24). The predicted molar refractivity (Wildman–Crippen MR) is 98.1 cm³/mol. The van der Waals surface area contributed by atoms with Gasteiger partial charge in [-0.15, -0.1) is 0 Å². The van der Waals surface area contributed by atoms with Gasteiger partial charge in [-0.3, -0.25) is 14.6 Å². The van der Waals surface area contributed by atoms with Gasteiger partial charge in [-0.1, -0.05) is 48.5 Å². The first-order valence-corrected chi connectivity index (χ1v) is 8.16. The summed E-state index contributed by atoms with van der Waals surface area (Å²) < 4.78 is 0. The van der Waals surface area contributed by atoms with Crippen LogP contribution in [-0.4, -0.2) is 23.3 Å². The van der Waals surface area contributed by atoms with Crippen molar-refractivity contribution in [1.29, 1.82) is 0 Å². The van der Waals surface area contributed by atoms with Gasteiger partial charge in [0.05, 0.1) is 23.8 Å². The monoisotopic (exact) mass is 333 g/mol. The number of nitrogens with zero attached hydrogens (tertiary/aromatic N) is 1. The largest absolute Gasteiger partial charge is 0.355 e. The van der Waals surface area contributed by atoms with Crippen LogP contribution in [0.2, 0.25) is 0 Å². The summed E-state index contributed by atoms with van der Waals surface area (Å²) in [7, 11) is 0. The predicted octanol–water partition coefficient (Wildman–Crippen LogP) is 2.92. The van der Waals surface area contributed by atoms with Gasteiger partial charge >= 0.3 is 0 Å². The average molecular weight is 333 g/mol. The number of hydrogen-bond acceptors (Lipinski definition) is 3. The Morgan fingerprint density at radius 1 is 0.920 bits per heavy atom. The van der Waals surface area contributed by atoms with Crippen molar-refractivity contribution in [3.63, 3.8) is 0 Å². The summed E-state index contributed by atoms with van der Waals surface area (Å²) in [5.41, 5.74) is 2.49. The third kappa shape index (κ3) is 4.88. The Balaban J connectivity index is 1.45. The second-order valence-corrected chi connectivity index (χ2v) is 5.73. The number of nitrogens with one attached hydrogen (secondary N) is 2. The molecule has 0 saturated carbocycles. The van der Waals surface area contributed by atoms with E-state index < -0.39 is 0 Å². The molecule has 25 heavy (non-hydrogen) atoms. The third-order valence-corrected chi connectivity index (χ3v) is 3.76. The average Bonchev–Trinajstić information content (AvgIpc) is 2.62. The Labute approximate surface area is 146 Å². The highest BCUT2D eigenvalue weighted by atomic mass is 16.2. The second-order valence-electron chi connectivity index (χ2n) is 5.73. The van der Waals surface area contributed by atoms with E-state index in [1.807, 2.05) is 60.7 Å². The van der Waals surface area contributed by atoms with Gasteiger partial charge < -0.3 is 10.6 Å². The van der Waals surface area contributed by atoms with Gasteiger partial charge in [0.15, 0.2) is 0 Å². The van der Waals surface area contributed by atoms with E-state index >= 15 is 0 Å². The molecule has 1 heterocycles. The van der Waals surface area contributed by atoms with E-state index in [2.05, 4.69) is 15.6 Å². The first kappa shape index (κ1) is 16.6. The maximum atomic E-state index is 12.0. The van der Waals surface area contributed by atoms with Crippen molar-refractivity contribution in [2.24, 2.45) is 0 Å². The molecular formula is C20H19N3O2. The number of para-hydroxylation sites is 1. The Kier molecular flexibility index (Phi) is 5.36. The van der Waals surface area contributed by atoms with E-state index in [0.29, 0.717) is 18.7 Å². The SMILES string of the molecule is O=C(Cc1ccccc1)NCCC(=O)Nc1cnc2ccccc2c1. The zero-order chi connectivity index (χ0) is 17.5. The summed E-state index contributed by atoms with van der Waals surface area (Å²) in [5, 5.41) is 6.54. The Morgan fingerprint density at radius 3 is 2.52 bits per heavy atom. The van der Waals surface area contributed by atoms with Crippen molar-refractivity contribution in [2.45, 2.75) is 12.8 Å². The molecular weight excluding hydrogens is 314 g/mol. The molecule has 0 spiro atoms. The molecule has 3 aromatic rings. The minimum atomic E-state index is -0.155. The molecule has 0 radical (unpaired) electrons. The molecule has 1 aromatic heterocycles. The van der Waals surface area contributed by atoms with E-state index in [-0.39, 0.29) is 18.2 Å². The van der Waals surface area contributed by atoms with Crippen molar-refractivity contribution in [2.75, 3.05) is 11.9 Å². The van der Waals surface area contributed by atoms with Crippen molar-refractivity contribution in [3.05, 3.63) is 72.4 Å². The van der Waals surface area contributed by atoms with Crippen LogP contribution in [-0.2, 0) is 16.0 Å². The Morgan fingerprint density at radius 2 is 1.68 bits per heavy atom. The maximum Gasteiger partial charge on any atom is 0.226 e. The van der Waals surface area contributed by atoms with Crippen LogP contribution < -0.4 is 10.6 Å². The second kappa shape index (κ2) is 8.06. The van der Waals surface area contributed by atoms with Gasteiger partial charge in [-0.05, 0) is 17.7 Å². The molecule has 5 heteroatoms. The first-order valence-electron chi connectivity index (χ1n) is 8.16. The molecule has 0 aliphatic heterocycles. The van der Waals surface area contributed by atoms with Gasteiger partial charge in [0, 0.05) is 18.4 Å². The molecule has 0 unspecified atom stereocenters. The third-order valence-electron chi connectivity index (χ3n) is 3.76. The van der Waals surface area contributed by atoms with Gasteiger partial charge in [-0.2, -0.15) is 0 Å². The first-order chi connectivity index (χ1) is 12.2. The minimum Gasteiger partial charge on any atom is -0.355 e. The number of benzene rings is 2. The lowest BCUT2D eigenvalue weighted by Crippen LogP contribution is -2.28. The van der Waals surface area contributed by atoms with E-state index in [0.717, 1.165) is 16.5 Å². The van der Waals surface area contributed by atoms with Crippen LogP contribution in [0.1, 0.15) is 12.0 Å². The smallest absolute Gasteiger partial charge is 0.226 e. The van der Waals surface area contributed by atoms with Crippen molar-refractivity contribution in [3.8, 4) is 0 Å². The number of aromatic nitrogens is 1. The van der Waals surface area contributed by atoms with Crippen molar-refractivity contribution < 1.29 is 9.59 Å². The molecule has 0 aliphatic carbocycles. The van der Waals surface area contributed by atoms with Crippen LogP contribution in [0.15, 0.2) is 66.9 Å². The molecule has 0 aliphatic rings. The van der Waals surface area contributed by atoms with E-state index in [4.69, 9.17) is 0 Å². The van der Waals surface area contributed by atoms with E-state index in [9.17, 15) is 9.59 Å². The number of hydrogen-bond donors (Lipinski definition) is 2. The quantitative estimate of drug-likeness (QED) is 0.728. The summed E-state index contributed by atoms with van der Waals surface area (Å²) in [4.78, 5) is 28.1. The highest BCUT2D eigenvalue weighted by Gasteiger charge is 2.06. The van der Waals surface area contributed by atoms with Crippen LogP contribution in [0.25, 0.3) is 10.9 Å². The van der Waals surface area contributed by atoms with Gasteiger partial charge in [0.2, 0.25) is 11.8 Å². The van der Waals surface area contributed by atoms with Gasteiger partial charge in [0.25, 0.3) is 0 Å². The molecule has 0 atom stereocenters. The van der Waals surface area contributed by atoms with Gasteiger partial charge in [-0.25, -0.2) is 0 Å². The zero-order valence-electron chi connectivity index (χ0n) is 13.7. The fourth-order valence-electron chi connectivity index (χ4n) is 2.52. The van der Waals surface area contributed by atoms with Crippen LogP contribution in [0, 0.1) is 0 Å². The molecule has 2 amide bonds. The molecule has 0 bridgehead atoms. The van der Waals surface area contributed by atoms with E-state index in [1.54, 1.807) is 6.20 Å². The normalized spacial score (nSPS) is 10.4. The highest BCUT2D eigenvalue weighted by Crippen LogP contribution is 2.16. The number of fused-ring (bicyclic) bond motifs is 1. The number of rotatable bonds is 6. The fraction of sp³-hybridized carbons (Fsp3) is 0.150. The summed E-state index contributed by atoms with van der Waals surface area (Å²) >= 11 is 0. The Hall–Kier alpha value is -3.21. The summed E-state index contributed by atoms with van der Waals surface area (Å²) in [6.45, 7) is 0.304. The Bertz CT molecular complexity index is 878. The number of amides is 2. The molecule has 0 fully saturated rings. The fourth-order valence-corrected chi connectivity index (χ4v) is 2.52. The van der Waals surface area contributed by atoms with Crippen LogP contribution in [0.4, 0.5) is 5.69 Å². The zero-order valence-corrected chi connectivity index (χ0v) is 13.7. The molecule has 2 N–H and O–H groups in total. The number of carbonyl (C=O) groups excluding carboxylic acids is 2. The van der Waals surface area contributed by atoms with E-state index in [1.165, 1.54) is 0 Å². The number of carbonyl (C=O) groups is 2. The van der Waals surface area contributed by atoms with Gasteiger partial charge in [0.1, 0.15) is 0 Å². The summed E-state index contributed by atoms with van der Waals surface area (Å²) in [5.74, 6) is -0.247. The topological polar surface area (TPSA) is 71.1 Å². The molecule has 126 valence electrons. The van der Waals surface area contributed by atoms with Crippen LogP contribution in [0.3, 0.4) is 0 Å². The summed E-state index contributed by atoms with van der Waals surface area (Å²) in [6.07, 6.45) is 2.17. The molecule has 5 nitrogen and oxygen atoms in total. The van der Waals surface area contributed by atoms with Crippen molar-refractivity contribution in [1.82, 2.24) is 10.3 Å². The molecule has 3 rings (SSSR count).